The van der Waals surface area contributed by atoms with Gasteiger partial charge in [0.15, 0.2) is 0 Å². The Labute approximate surface area is 126 Å². The first-order chi connectivity index (χ1) is 9.93. The van der Waals surface area contributed by atoms with Gasteiger partial charge in [-0.1, -0.05) is 12.1 Å². The number of rotatable bonds is 8. The molecule has 0 atom stereocenters. The second kappa shape index (κ2) is 8.45. The maximum absolute atomic E-state index is 11.5. The Balaban J connectivity index is 2.30. The minimum Gasteiger partial charge on any atom is -0.356 e. The van der Waals surface area contributed by atoms with E-state index in [0.29, 0.717) is 25.8 Å². The molecule has 1 rings (SSSR count). The van der Waals surface area contributed by atoms with Crippen LogP contribution >= 0.6 is 0 Å². The third-order valence-corrected chi connectivity index (χ3v) is 3.89. The van der Waals surface area contributed by atoms with Gasteiger partial charge in [-0.25, -0.2) is 13.6 Å². The maximum Gasteiger partial charge on any atom is 0.238 e. The first-order valence-corrected chi connectivity index (χ1v) is 8.30. The normalized spacial score (nSPS) is 10.9. The van der Waals surface area contributed by atoms with Crippen LogP contribution in [0.5, 0.6) is 0 Å². The monoisotopic (exact) mass is 308 g/mol. The summed E-state index contributed by atoms with van der Waals surface area (Å²) in [5, 5.41) is 7.84. The number of amides is 1. The Kier molecular flexibility index (Phi) is 6.92. The number of benzene rings is 1. The van der Waals surface area contributed by atoms with Crippen LogP contribution in [0, 0.1) is 12.3 Å². The Bertz CT molecular complexity index is 601. The predicted molar refractivity (Wildman–Crippen MR) is 81.8 cm³/mol. The molecular weight excluding hydrogens is 288 g/mol. The van der Waals surface area contributed by atoms with Crippen LogP contribution in [0.25, 0.3) is 0 Å². The summed E-state index contributed by atoms with van der Waals surface area (Å²) in [5.41, 5.74) is 0.940. The molecule has 0 aliphatic heterocycles. The van der Waals surface area contributed by atoms with E-state index < -0.39 is 10.0 Å². The molecule has 1 amide bonds. The molecule has 0 aliphatic carbocycles. The molecule has 0 aromatic heterocycles. The molecule has 1 aromatic carbocycles. The van der Waals surface area contributed by atoms with Gasteiger partial charge >= 0.3 is 0 Å². The molecule has 0 unspecified atom stereocenters. The number of nitrogens with two attached hydrogens (primary N) is 1. The average molecular weight is 308 g/mol. The zero-order chi connectivity index (χ0) is 15.7. The highest BCUT2D eigenvalue weighted by Crippen LogP contribution is 2.09. The van der Waals surface area contributed by atoms with Crippen LogP contribution in [0.4, 0.5) is 0 Å². The topological polar surface area (TPSA) is 89.3 Å². The lowest BCUT2D eigenvalue weighted by molar-refractivity contribution is -0.121. The van der Waals surface area contributed by atoms with Gasteiger partial charge in [-0.2, -0.15) is 0 Å². The Morgan fingerprint density at radius 2 is 1.90 bits per heavy atom. The lowest BCUT2D eigenvalue weighted by atomic mass is 10.1. The number of carbonyl (C=O) groups is 1. The molecule has 3 N–H and O–H groups in total. The number of carbonyl (C=O) groups excluding carboxylic acids is 1. The molecule has 0 fully saturated rings. The molecule has 0 heterocycles. The van der Waals surface area contributed by atoms with E-state index in [1.54, 1.807) is 12.1 Å². The zero-order valence-electron chi connectivity index (χ0n) is 11.8. The third-order valence-electron chi connectivity index (χ3n) is 2.96. The standard InChI is InChI=1S/C15H20N2O3S/c1-2-3-4-5-6-15(18)17-12-11-13-7-9-14(10-8-13)21(16,19)20/h1,7-10H,3-6,11-12H2,(H,17,18)(H2,16,19,20). The summed E-state index contributed by atoms with van der Waals surface area (Å²) >= 11 is 0. The van der Waals surface area contributed by atoms with E-state index in [-0.39, 0.29) is 10.8 Å². The van der Waals surface area contributed by atoms with E-state index in [4.69, 9.17) is 11.6 Å². The van der Waals surface area contributed by atoms with Crippen molar-refractivity contribution in [2.75, 3.05) is 6.54 Å². The molecule has 0 aliphatic rings. The van der Waals surface area contributed by atoms with E-state index in [1.807, 2.05) is 0 Å². The second-order valence-corrected chi connectivity index (χ2v) is 6.26. The van der Waals surface area contributed by atoms with Crippen LogP contribution in [0.1, 0.15) is 31.2 Å². The fourth-order valence-corrected chi connectivity index (χ4v) is 2.31. The second-order valence-electron chi connectivity index (χ2n) is 4.70. The molecule has 0 radical (unpaired) electrons. The molecule has 6 heteroatoms. The number of primary sulfonamides is 1. The first-order valence-electron chi connectivity index (χ1n) is 6.75. The Morgan fingerprint density at radius 1 is 1.24 bits per heavy atom. The molecule has 114 valence electrons. The Morgan fingerprint density at radius 3 is 2.48 bits per heavy atom. The van der Waals surface area contributed by atoms with Crippen LogP contribution in [0.2, 0.25) is 0 Å². The maximum atomic E-state index is 11.5. The summed E-state index contributed by atoms with van der Waals surface area (Å²) in [7, 11) is -3.65. The number of unbranched alkanes of at least 4 members (excludes halogenated alkanes) is 2. The minimum absolute atomic E-state index is 0.00757. The molecule has 0 bridgehead atoms. The number of terminal acetylenes is 1. The van der Waals surface area contributed by atoms with Crippen molar-refractivity contribution in [1.29, 1.82) is 0 Å². The summed E-state index contributed by atoms with van der Waals surface area (Å²) < 4.78 is 22.2. The Hall–Kier alpha value is -1.84. The van der Waals surface area contributed by atoms with Gasteiger partial charge in [0.2, 0.25) is 15.9 Å². The van der Waals surface area contributed by atoms with Crippen LogP contribution in [0.15, 0.2) is 29.2 Å². The molecule has 5 nitrogen and oxygen atoms in total. The average Bonchev–Trinajstić information content (AvgIpc) is 2.43. The predicted octanol–water partition coefficient (Wildman–Crippen LogP) is 1.19. The SMILES string of the molecule is C#CCCCCC(=O)NCCc1ccc(S(N)(=O)=O)cc1. The van der Waals surface area contributed by atoms with E-state index in [9.17, 15) is 13.2 Å². The van der Waals surface area contributed by atoms with Gasteiger partial charge in [0.05, 0.1) is 4.90 Å². The molecule has 0 saturated heterocycles. The van der Waals surface area contributed by atoms with E-state index in [0.717, 1.165) is 18.4 Å². The van der Waals surface area contributed by atoms with E-state index in [2.05, 4.69) is 11.2 Å². The minimum atomic E-state index is -3.65. The molecule has 1 aromatic rings. The quantitative estimate of drug-likeness (QED) is 0.558. The van der Waals surface area contributed by atoms with Gasteiger partial charge in [-0.05, 0) is 37.0 Å². The highest BCUT2D eigenvalue weighted by molar-refractivity contribution is 7.89. The van der Waals surface area contributed by atoms with Gasteiger partial charge in [0.25, 0.3) is 0 Å². The molecular formula is C15H20N2O3S. The number of sulfonamides is 1. The van der Waals surface area contributed by atoms with Crippen molar-refractivity contribution >= 4 is 15.9 Å². The van der Waals surface area contributed by atoms with Gasteiger partial charge in [-0.3, -0.25) is 4.79 Å². The van der Waals surface area contributed by atoms with Gasteiger partial charge in [0, 0.05) is 19.4 Å². The van der Waals surface area contributed by atoms with Crippen LogP contribution in [-0.4, -0.2) is 20.9 Å². The first kappa shape index (κ1) is 17.2. The van der Waals surface area contributed by atoms with Crippen LogP contribution < -0.4 is 10.5 Å². The van der Waals surface area contributed by atoms with Crippen molar-refractivity contribution in [1.82, 2.24) is 5.32 Å². The van der Waals surface area contributed by atoms with Crippen molar-refractivity contribution in [2.24, 2.45) is 5.14 Å². The van der Waals surface area contributed by atoms with Crippen molar-refractivity contribution < 1.29 is 13.2 Å². The third kappa shape index (κ3) is 6.93. The lowest BCUT2D eigenvalue weighted by Crippen LogP contribution is -2.25. The lowest BCUT2D eigenvalue weighted by Gasteiger charge is -2.06. The highest BCUT2D eigenvalue weighted by Gasteiger charge is 2.06. The van der Waals surface area contributed by atoms with E-state index >= 15 is 0 Å². The summed E-state index contributed by atoms with van der Waals surface area (Å²) in [5.74, 6) is 2.55. The zero-order valence-corrected chi connectivity index (χ0v) is 12.7. The smallest absolute Gasteiger partial charge is 0.238 e. The number of hydrogen-bond donors (Lipinski definition) is 2. The molecule has 0 saturated carbocycles. The summed E-state index contributed by atoms with van der Waals surface area (Å²) in [4.78, 5) is 11.6. The van der Waals surface area contributed by atoms with Crippen molar-refractivity contribution in [3.05, 3.63) is 29.8 Å². The van der Waals surface area contributed by atoms with Crippen molar-refractivity contribution in [2.45, 2.75) is 37.0 Å². The summed E-state index contributed by atoms with van der Waals surface area (Å²) in [6, 6.07) is 6.32. The number of nitrogens with one attached hydrogen (secondary N) is 1. The molecule has 21 heavy (non-hydrogen) atoms. The summed E-state index contributed by atoms with van der Waals surface area (Å²) in [6.45, 7) is 0.517. The van der Waals surface area contributed by atoms with Crippen molar-refractivity contribution in [3.63, 3.8) is 0 Å². The van der Waals surface area contributed by atoms with Crippen LogP contribution in [0.3, 0.4) is 0 Å². The molecule has 0 spiro atoms. The fourth-order valence-electron chi connectivity index (χ4n) is 1.79. The van der Waals surface area contributed by atoms with Gasteiger partial charge in [-0.15, -0.1) is 12.3 Å². The summed E-state index contributed by atoms with van der Waals surface area (Å²) in [6.07, 6.45) is 8.60. The van der Waals surface area contributed by atoms with Gasteiger partial charge in [0.1, 0.15) is 0 Å². The van der Waals surface area contributed by atoms with Gasteiger partial charge < -0.3 is 5.32 Å². The largest absolute Gasteiger partial charge is 0.356 e. The fraction of sp³-hybridized carbons (Fsp3) is 0.400. The highest BCUT2D eigenvalue weighted by atomic mass is 32.2. The number of hydrogen-bond acceptors (Lipinski definition) is 3. The van der Waals surface area contributed by atoms with Crippen LogP contribution in [-0.2, 0) is 21.2 Å². The van der Waals surface area contributed by atoms with Crippen molar-refractivity contribution in [3.8, 4) is 12.3 Å². The van der Waals surface area contributed by atoms with E-state index in [1.165, 1.54) is 12.1 Å².